The number of hydrogen-bond acceptors (Lipinski definition) is 4. The molecule has 1 aromatic rings. The number of carbonyl (C=O) groups is 1. The third kappa shape index (κ3) is 8.20. The van der Waals surface area contributed by atoms with Crippen LogP contribution in [0.1, 0.15) is 90.2 Å². The maximum absolute atomic E-state index is 14.8. The number of nitrogens with zero attached hydrogens (tertiary/aromatic N) is 2. The summed E-state index contributed by atoms with van der Waals surface area (Å²) in [6, 6.07) is 6.61. The summed E-state index contributed by atoms with van der Waals surface area (Å²) < 4.78 is 14.8. The van der Waals surface area contributed by atoms with Gasteiger partial charge in [-0.05, 0) is 82.6 Å². The van der Waals surface area contributed by atoms with Gasteiger partial charge < -0.3 is 20.9 Å². The molecular weight excluding hydrogens is 501 g/mol. The van der Waals surface area contributed by atoms with E-state index in [0.717, 1.165) is 31.4 Å². The Labute approximate surface area is 239 Å². The number of halogens is 1. The van der Waals surface area contributed by atoms with Gasteiger partial charge in [-0.15, -0.1) is 0 Å². The first-order valence-electron chi connectivity index (χ1n) is 14.5. The van der Waals surface area contributed by atoms with Gasteiger partial charge in [0.2, 0.25) is 0 Å². The van der Waals surface area contributed by atoms with Gasteiger partial charge in [0.1, 0.15) is 17.5 Å². The monoisotopic (exact) mass is 547 g/mol. The van der Waals surface area contributed by atoms with Crippen LogP contribution in [0.15, 0.2) is 83.3 Å². The molecule has 6 nitrogen and oxygen atoms in total. The normalized spacial score (nSPS) is 16.5. The van der Waals surface area contributed by atoms with E-state index in [4.69, 9.17) is 4.99 Å². The van der Waals surface area contributed by atoms with Crippen LogP contribution in [0.2, 0.25) is 0 Å². The van der Waals surface area contributed by atoms with Crippen LogP contribution in [-0.4, -0.2) is 28.7 Å². The lowest BCUT2D eigenvalue weighted by Crippen LogP contribution is -2.31. The molecule has 3 N–H and O–H groups in total. The van der Waals surface area contributed by atoms with Gasteiger partial charge in [-0.2, -0.15) is 0 Å². The minimum absolute atomic E-state index is 0.000542. The lowest BCUT2D eigenvalue weighted by molar-refractivity contribution is -0.117. The Balaban J connectivity index is 1.93. The quantitative estimate of drug-likeness (QED) is 0.102. The fraction of sp³-hybridized carbons (Fsp3) is 0.455. The molecule has 1 aromatic carbocycles. The number of amidine groups is 1. The van der Waals surface area contributed by atoms with Crippen LogP contribution in [0.25, 0.3) is 0 Å². The number of anilines is 1. The van der Waals surface area contributed by atoms with E-state index in [0.29, 0.717) is 23.1 Å². The van der Waals surface area contributed by atoms with Crippen molar-refractivity contribution >= 4 is 17.4 Å². The molecule has 0 radical (unpaired) electrons. The van der Waals surface area contributed by atoms with Crippen molar-refractivity contribution in [3.63, 3.8) is 0 Å². The summed E-state index contributed by atoms with van der Waals surface area (Å²) in [6.45, 7) is 20.1. The maximum atomic E-state index is 14.8. The maximum Gasteiger partial charge on any atom is 0.255 e. The average Bonchev–Trinajstić information content (AvgIpc) is 3.70. The van der Waals surface area contributed by atoms with Gasteiger partial charge >= 0.3 is 0 Å². The molecule has 0 bridgehead atoms. The number of rotatable bonds is 13. The molecule has 0 spiro atoms. The Morgan fingerprint density at radius 3 is 2.42 bits per heavy atom. The van der Waals surface area contributed by atoms with E-state index in [1.165, 1.54) is 36.1 Å². The lowest BCUT2D eigenvalue weighted by atomic mass is 9.87. The molecule has 1 heterocycles. The number of aliphatic imine (C=N–C) groups is 1. The average molecular weight is 548 g/mol. The van der Waals surface area contributed by atoms with Gasteiger partial charge in [-0.25, -0.2) is 9.38 Å². The van der Waals surface area contributed by atoms with Crippen LogP contribution in [0.4, 0.5) is 10.1 Å². The fourth-order valence-corrected chi connectivity index (χ4v) is 4.99. The second-order valence-corrected chi connectivity index (χ2v) is 11.0. The van der Waals surface area contributed by atoms with Crippen molar-refractivity contribution in [2.45, 2.75) is 98.1 Å². The molecule has 1 aliphatic carbocycles. The molecule has 0 saturated heterocycles. The van der Waals surface area contributed by atoms with Crippen molar-refractivity contribution < 1.29 is 9.18 Å². The Morgan fingerprint density at radius 2 is 1.88 bits per heavy atom. The smallest absolute Gasteiger partial charge is 0.255 e. The van der Waals surface area contributed by atoms with Crippen molar-refractivity contribution in [1.29, 1.82) is 0 Å². The number of amides is 1. The molecule has 1 fully saturated rings. The Bertz CT molecular complexity index is 1230. The summed E-state index contributed by atoms with van der Waals surface area (Å²) >= 11 is 0. The van der Waals surface area contributed by atoms with Crippen molar-refractivity contribution in [2.75, 3.05) is 5.32 Å². The molecular formula is C33H46FN5O. The molecule has 40 heavy (non-hydrogen) atoms. The highest BCUT2D eigenvalue weighted by atomic mass is 19.1. The lowest BCUT2D eigenvalue weighted by Gasteiger charge is -2.30. The van der Waals surface area contributed by atoms with Gasteiger partial charge in [0.25, 0.3) is 5.91 Å². The van der Waals surface area contributed by atoms with Crippen molar-refractivity contribution in [3.05, 3.63) is 89.5 Å². The summed E-state index contributed by atoms with van der Waals surface area (Å²) in [6.07, 6.45) is 11.2. The SMILES string of the molecule is C=C/C(C(=O)NC1CC1)=C(\N=C(/C)Nc1ccc(C(CCC)CCC)c(C)c1)NC1=CN(C(C)C)C(=C)C(F)=C1. The number of benzene rings is 1. The highest BCUT2D eigenvalue weighted by molar-refractivity contribution is 5.99. The number of nitrogens with one attached hydrogen (secondary N) is 3. The van der Waals surface area contributed by atoms with Crippen LogP contribution in [-0.2, 0) is 4.79 Å². The largest absolute Gasteiger partial charge is 0.349 e. The molecule has 1 amide bonds. The van der Waals surface area contributed by atoms with E-state index in [-0.39, 0.29) is 29.4 Å². The standard InChI is InChI=1S/C33H46FN5O/c1-9-12-25(13-10-2)30-17-16-27(18-22(30)6)35-24(8)36-32(29(11-3)33(40)38-26-14-15-26)37-28-19-31(34)23(7)39(20-28)21(4)5/h11,16-21,25-26,37H,3,7,9-10,12-15H2,1-2,4-6,8H3,(H,35,36)(H,38,40)/b32-29-. The predicted octanol–water partition coefficient (Wildman–Crippen LogP) is 7.71. The van der Waals surface area contributed by atoms with Gasteiger partial charge in [-0.3, -0.25) is 4.79 Å². The van der Waals surface area contributed by atoms with E-state index in [1.54, 1.807) is 11.1 Å². The second-order valence-electron chi connectivity index (χ2n) is 11.0. The van der Waals surface area contributed by atoms with Crippen LogP contribution in [0.3, 0.4) is 0 Å². The molecule has 0 unspecified atom stereocenters. The number of aryl methyl sites for hydroxylation is 1. The molecule has 7 heteroatoms. The zero-order chi connectivity index (χ0) is 29.4. The summed E-state index contributed by atoms with van der Waals surface area (Å²) in [5.41, 5.74) is 4.60. The molecule has 3 rings (SSSR count). The number of carbonyl (C=O) groups excluding carboxylic acids is 1. The zero-order valence-electron chi connectivity index (χ0n) is 25.0. The molecule has 216 valence electrons. The van der Waals surface area contributed by atoms with Gasteiger partial charge in [0.15, 0.2) is 0 Å². The topological polar surface area (TPSA) is 68.8 Å². The number of allylic oxidation sites excluding steroid dienone is 2. The van der Waals surface area contributed by atoms with Crippen molar-refractivity contribution in [2.24, 2.45) is 4.99 Å². The Kier molecular flexibility index (Phi) is 10.9. The fourth-order valence-electron chi connectivity index (χ4n) is 4.99. The molecule has 2 aliphatic rings. The predicted molar refractivity (Wildman–Crippen MR) is 165 cm³/mol. The Hall–Kier alpha value is -3.61. The van der Waals surface area contributed by atoms with E-state index in [1.807, 2.05) is 20.8 Å². The first kappa shape index (κ1) is 30.9. The molecule has 0 aromatic heterocycles. The first-order chi connectivity index (χ1) is 19.1. The highest BCUT2D eigenvalue weighted by Crippen LogP contribution is 2.31. The first-order valence-corrected chi connectivity index (χ1v) is 14.5. The summed E-state index contributed by atoms with van der Waals surface area (Å²) in [5.74, 6) is 0.721. The summed E-state index contributed by atoms with van der Waals surface area (Å²) in [4.78, 5) is 19.6. The van der Waals surface area contributed by atoms with E-state index in [2.05, 4.69) is 68.1 Å². The van der Waals surface area contributed by atoms with Crippen LogP contribution in [0, 0.1) is 6.92 Å². The molecule has 0 atom stereocenters. The third-order valence-electron chi connectivity index (χ3n) is 7.17. The van der Waals surface area contributed by atoms with Gasteiger partial charge in [-0.1, -0.05) is 52.0 Å². The van der Waals surface area contributed by atoms with Crippen LogP contribution < -0.4 is 16.0 Å². The highest BCUT2D eigenvalue weighted by Gasteiger charge is 2.26. The summed E-state index contributed by atoms with van der Waals surface area (Å²) in [7, 11) is 0. The van der Waals surface area contributed by atoms with Crippen LogP contribution in [0.5, 0.6) is 0 Å². The second kappa shape index (κ2) is 14.1. The minimum Gasteiger partial charge on any atom is -0.349 e. The van der Waals surface area contributed by atoms with E-state index >= 15 is 0 Å². The summed E-state index contributed by atoms with van der Waals surface area (Å²) in [5, 5.41) is 9.55. The molecule has 1 aliphatic heterocycles. The van der Waals surface area contributed by atoms with Crippen LogP contribution >= 0.6 is 0 Å². The zero-order valence-corrected chi connectivity index (χ0v) is 25.0. The number of hydrogen-bond donors (Lipinski definition) is 3. The Morgan fingerprint density at radius 1 is 1.20 bits per heavy atom. The minimum atomic E-state index is -0.445. The van der Waals surface area contributed by atoms with Gasteiger partial charge in [0.05, 0.1) is 17.0 Å². The van der Waals surface area contributed by atoms with Crippen molar-refractivity contribution in [1.82, 2.24) is 15.5 Å². The van der Waals surface area contributed by atoms with E-state index < -0.39 is 5.83 Å². The molecule has 1 saturated carbocycles. The van der Waals surface area contributed by atoms with Crippen molar-refractivity contribution in [3.8, 4) is 0 Å². The van der Waals surface area contributed by atoms with Gasteiger partial charge in [0, 0.05) is 30.0 Å². The van der Waals surface area contributed by atoms with E-state index in [9.17, 15) is 9.18 Å². The third-order valence-corrected chi connectivity index (χ3v) is 7.17.